The molecule has 0 saturated carbocycles. The fraction of sp³-hybridized carbons (Fsp3) is 0.704. The van der Waals surface area contributed by atoms with Gasteiger partial charge in [0.25, 0.3) is 0 Å². The molecule has 3 heteroatoms. The standard InChI is InChI=1S/C27H44O3/c1-4-5-6-7-8-9-10-11-12-13-14-15-16-21-26(28)30-22-24-19-17-18-20-25(24)27(29)23(2)3/h17-20,23H,4-16,21-22H2,1-3H3. The summed E-state index contributed by atoms with van der Waals surface area (Å²) in [6.45, 7) is 6.23. The fourth-order valence-corrected chi connectivity index (χ4v) is 3.72. The highest BCUT2D eigenvalue weighted by molar-refractivity contribution is 5.98. The van der Waals surface area contributed by atoms with Gasteiger partial charge in [-0.05, 0) is 6.42 Å². The first-order valence-corrected chi connectivity index (χ1v) is 12.3. The van der Waals surface area contributed by atoms with Crippen LogP contribution in [0.3, 0.4) is 0 Å². The third-order valence-corrected chi connectivity index (χ3v) is 5.68. The van der Waals surface area contributed by atoms with Crippen LogP contribution in [0, 0.1) is 5.92 Å². The number of benzene rings is 1. The first-order valence-electron chi connectivity index (χ1n) is 12.3. The molecular weight excluding hydrogens is 372 g/mol. The van der Waals surface area contributed by atoms with E-state index in [4.69, 9.17) is 4.74 Å². The average molecular weight is 417 g/mol. The molecule has 0 saturated heterocycles. The fourth-order valence-electron chi connectivity index (χ4n) is 3.72. The Balaban J connectivity index is 2.04. The molecule has 0 bridgehead atoms. The Bertz CT molecular complexity index is 592. The van der Waals surface area contributed by atoms with Gasteiger partial charge >= 0.3 is 5.97 Å². The van der Waals surface area contributed by atoms with Crippen molar-refractivity contribution in [3.8, 4) is 0 Å². The second kappa shape index (κ2) is 17.1. The van der Waals surface area contributed by atoms with E-state index >= 15 is 0 Å². The van der Waals surface area contributed by atoms with Crippen LogP contribution < -0.4 is 0 Å². The van der Waals surface area contributed by atoms with E-state index in [1.54, 1.807) is 0 Å². The number of ether oxygens (including phenoxy) is 1. The zero-order chi connectivity index (χ0) is 22.0. The molecule has 0 aliphatic rings. The minimum absolute atomic E-state index is 0.0624. The highest BCUT2D eigenvalue weighted by atomic mass is 16.5. The Kier molecular flexibility index (Phi) is 15.0. The second-order valence-corrected chi connectivity index (χ2v) is 8.83. The topological polar surface area (TPSA) is 43.4 Å². The van der Waals surface area contributed by atoms with Gasteiger partial charge in [0.2, 0.25) is 0 Å². The van der Waals surface area contributed by atoms with Crippen molar-refractivity contribution >= 4 is 11.8 Å². The number of unbranched alkanes of at least 4 members (excludes halogenated alkanes) is 12. The zero-order valence-corrected chi connectivity index (χ0v) is 19.7. The number of Topliss-reactive ketones (excluding diaryl/α,β-unsaturated/α-hetero) is 1. The molecular formula is C27H44O3. The summed E-state index contributed by atoms with van der Waals surface area (Å²) in [5.74, 6) is -0.129. The van der Waals surface area contributed by atoms with Crippen molar-refractivity contribution in [3.63, 3.8) is 0 Å². The van der Waals surface area contributed by atoms with E-state index in [9.17, 15) is 9.59 Å². The van der Waals surface area contributed by atoms with Crippen molar-refractivity contribution in [2.75, 3.05) is 0 Å². The van der Waals surface area contributed by atoms with E-state index in [-0.39, 0.29) is 24.3 Å². The monoisotopic (exact) mass is 416 g/mol. The van der Waals surface area contributed by atoms with Crippen molar-refractivity contribution in [2.45, 2.75) is 117 Å². The van der Waals surface area contributed by atoms with Gasteiger partial charge in [-0.2, -0.15) is 0 Å². The SMILES string of the molecule is CCCCCCCCCCCCCCCC(=O)OCc1ccccc1C(=O)C(C)C. The largest absolute Gasteiger partial charge is 0.461 e. The Hall–Kier alpha value is -1.64. The Labute approximate surface area is 185 Å². The van der Waals surface area contributed by atoms with Gasteiger partial charge in [0.1, 0.15) is 6.61 Å². The smallest absolute Gasteiger partial charge is 0.306 e. The molecule has 1 aromatic carbocycles. The van der Waals surface area contributed by atoms with Crippen LogP contribution in [-0.4, -0.2) is 11.8 Å². The maximum atomic E-state index is 12.3. The molecule has 0 spiro atoms. The molecule has 0 aliphatic heterocycles. The summed E-state index contributed by atoms with van der Waals surface area (Å²) in [5.41, 5.74) is 1.47. The molecule has 170 valence electrons. The van der Waals surface area contributed by atoms with E-state index in [0.717, 1.165) is 18.4 Å². The van der Waals surface area contributed by atoms with E-state index < -0.39 is 0 Å². The number of rotatable bonds is 18. The van der Waals surface area contributed by atoms with Crippen LogP contribution in [0.4, 0.5) is 0 Å². The van der Waals surface area contributed by atoms with Crippen molar-refractivity contribution < 1.29 is 14.3 Å². The quantitative estimate of drug-likeness (QED) is 0.138. The van der Waals surface area contributed by atoms with Crippen molar-refractivity contribution in [2.24, 2.45) is 5.92 Å². The maximum absolute atomic E-state index is 12.3. The van der Waals surface area contributed by atoms with Gasteiger partial charge in [0.15, 0.2) is 5.78 Å². The minimum Gasteiger partial charge on any atom is -0.461 e. The van der Waals surface area contributed by atoms with E-state index in [2.05, 4.69) is 6.92 Å². The zero-order valence-electron chi connectivity index (χ0n) is 19.7. The summed E-state index contributed by atoms with van der Waals surface area (Å²) in [7, 11) is 0. The number of ketones is 1. The number of carbonyl (C=O) groups is 2. The van der Waals surface area contributed by atoms with Gasteiger partial charge in [0.05, 0.1) is 0 Å². The maximum Gasteiger partial charge on any atom is 0.306 e. The van der Waals surface area contributed by atoms with Crippen LogP contribution in [0.1, 0.15) is 127 Å². The van der Waals surface area contributed by atoms with Crippen LogP contribution in [0.25, 0.3) is 0 Å². The second-order valence-electron chi connectivity index (χ2n) is 8.83. The third-order valence-electron chi connectivity index (χ3n) is 5.68. The van der Waals surface area contributed by atoms with Crippen LogP contribution in [0.2, 0.25) is 0 Å². The van der Waals surface area contributed by atoms with Gasteiger partial charge < -0.3 is 4.74 Å². The number of hydrogen-bond donors (Lipinski definition) is 0. The van der Waals surface area contributed by atoms with Gasteiger partial charge in [-0.1, -0.05) is 122 Å². The molecule has 1 rings (SSSR count). The summed E-state index contributed by atoms with van der Waals surface area (Å²) in [6.07, 6.45) is 17.3. The van der Waals surface area contributed by atoms with Gasteiger partial charge in [0, 0.05) is 23.5 Å². The molecule has 0 radical (unpaired) electrons. The summed E-state index contributed by atoms with van der Waals surface area (Å²) in [5, 5.41) is 0. The van der Waals surface area contributed by atoms with E-state index in [0.29, 0.717) is 12.0 Å². The normalized spacial score (nSPS) is 11.1. The molecule has 1 aromatic rings. The first kappa shape index (κ1) is 26.4. The number of esters is 1. The molecule has 0 aromatic heterocycles. The van der Waals surface area contributed by atoms with Gasteiger partial charge in [-0.3, -0.25) is 9.59 Å². The molecule has 0 fully saturated rings. The lowest BCUT2D eigenvalue weighted by Gasteiger charge is -2.11. The molecule has 0 heterocycles. The molecule has 30 heavy (non-hydrogen) atoms. The van der Waals surface area contributed by atoms with Gasteiger partial charge in [-0.25, -0.2) is 0 Å². The van der Waals surface area contributed by atoms with Crippen molar-refractivity contribution in [3.05, 3.63) is 35.4 Å². The Morgan fingerprint density at radius 3 is 1.80 bits per heavy atom. The summed E-state index contributed by atoms with van der Waals surface area (Å²) < 4.78 is 5.41. The number of carbonyl (C=O) groups excluding carboxylic acids is 2. The lowest BCUT2D eigenvalue weighted by molar-refractivity contribution is -0.145. The summed E-state index contributed by atoms with van der Waals surface area (Å²) in [6, 6.07) is 7.42. The van der Waals surface area contributed by atoms with Crippen molar-refractivity contribution in [1.82, 2.24) is 0 Å². The predicted octanol–water partition coefficient (Wildman–Crippen LogP) is 8.05. The highest BCUT2D eigenvalue weighted by Gasteiger charge is 2.15. The molecule has 0 atom stereocenters. The lowest BCUT2D eigenvalue weighted by Crippen LogP contribution is -2.12. The molecule has 0 aliphatic carbocycles. The van der Waals surface area contributed by atoms with Crippen LogP contribution >= 0.6 is 0 Å². The highest BCUT2D eigenvalue weighted by Crippen LogP contribution is 2.16. The van der Waals surface area contributed by atoms with E-state index in [1.807, 2.05) is 38.1 Å². The molecule has 3 nitrogen and oxygen atoms in total. The third kappa shape index (κ3) is 12.1. The Morgan fingerprint density at radius 2 is 1.27 bits per heavy atom. The van der Waals surface area contributed by atoms with Crippen LogP contribution in [0.5, 0.6) is 0 Å². The van der Waals surface area contributed by atoms with Crippen molar-refractivity contribution in [1.29, 1.82) is 0 Å². The van der Waals surface area contributed by atoms with Crippen LogP contribution in [-0.2, 0) is 16.1 Å². The van der Waals surface area contributed by atoms with E-state index in [1.165, 1.54) is 70.6 Å². The summed E-state index contributed by atoms with van der Waals surface area (Å²) in [4.78, 5) is 24.3. The molecule has 0 amide bonds. The minimum atomic E-state index is -0.162. The van der Waals surface area contributed by atoms with Gasteiger partial charge in [-0.15, -0.1) is 0 Å². The predicted molar refractivity (Wildman–Crippen MR) is 126 cm³/mol. The van der Waals surface area contributed by atoms with Crippen LogP contribution in [0.15, 0.2) is 24.3 Å². The number of hydrogen-bond acceptors (Lipinski definition) is 3. The average Bonchev–Trinajstić information content (AvgIpc) is 2.75. The first-order chi connectivity index (χ1) is 14.6. The lowest BCUT2D eigenvalue weighted by atomic mass is 9.97. The Morgan fingerprint density at radius 1 is 0.767 bits per heavy atom. The molecule has 0 unspecified atom stereocenters. The molecule has 0 N–H and O–H groups in total. The summed E-state index contributed by atoms with van der Waals surface area (Å²) >= 11 is 0.